The van der Waals surface area contributed by atoms with Gasteiger partial charge in [-0.2, -0.15) is 0 Å². The number of likely N-dealkylation sites (tertiary alicyclic amines) is 1. The first-order chi connectivity index (χ1) is 12.1. The van der Waals surface area contributed by atoms with E-state index in [4.69, 9.17) is 4.74 Å². The van der Waals surface area contributed by atoms with Gasteiger partial charge in [-0.05, 0) is 50.3 Å². The third kappa shape index (κ3) is 4.47. The Bertz CT molecular complexity index is 594. The number of hydrogen-bond acceptors (Lipinski definition) is 4. The maximum atomic E-state index is 12.0. The number of rotatable bonds is 5. The lowest BCUT2D eigenvalue weighted by Gasteiger charge is -2.43. The van der Waals surface area contributed by atoms with E-state index < -0.39 is 0 Å². The quantitative estimate of drug-likeness (QED) is 0.771. The molecule has 0 aromatic carbocycles. The number of nitrogens with zero attached hydrogens (tertiary/aromatic N) is 3. The minimum atomic E-state index is 0.116. The standard InChI is InChI=1S/C20H29N3O2/c1-22(15-17-5-3-4-12-21-17)18-6-8-20(9-7-18)10-13-23(14-11-20)19(24)16-25-2/h3-6,8,12,18H,7,9-11,13-16H2,1-2H3/t18-/m1/s1. The van der Waals surface area contributed by atoms with Crippen LogP contribution >= 0.6 is 0 Å². The zero-order chi connectivity index (χ0) is 17.7. The van der Waals surface area contributed by atoms with Crippen LogP contribution in [-0.4, -0.2) is 60.6 Å². The molecular formula is C20H29N3O2. The van der Waals surface area contributed by atoms with Crippen LogP contribution in [0.25, 0.3) is 0 Å². The summed E-state index contributed by atoms with van der Waals surface area (Å²) in [4.78, 5) is 20.7. The van der Waals surface area contributed by atoms with E-state index in [-0.39, 0.29) is 17.9 Å². The van der Waals surface area contributed by atoms with Crippen LogP contribution in [0.15, 0.2) is 36.5 Å². The van der Waals surface area contributed by atoms with Crippen LogP contribution < -0.4 is 0 Å². The van der Waals surface area contributed by atoms with Crippen molar-refractivity contribution in [1.82, 2.24) is 14.8 Å². The molecule has 1 amide bonds. The molecule has 1 aliphatic carbocycles. The minimum absolute atomic E-state index is 0.116. The molecule has 3 rings (SSSR count). The number of methoxy groups -OCH3 is 1. The predicted molar refractivity (Wildman–Crippen MR) is 98.0 cm³/mol. The van der Waals surface area contributed by atoms with Crippen molar-refractivity contribution < 1.29 is 9.53 Å². The van der Waals surface area contributed by atoms with Gasteiger partial charge in [0.2, 0.25) is 5.91 Å². The van der Waals surface area contributed by atoms with E-state index in [1.807, 2.05) is 23.2 Å². The van der Waals surface area contributed by atoms with Gasteiger partial charge in [0.1, 0.15) is 6.61 Å². The van der Waals surface area contributed by atoms with Gasteiger partial charge in [0.15, 0.2) is 0 Å². The summed E-state index contributed by atoms with van der Waals surface area (Å²) in [5, 5.41) is 0. The van der Waals surface area contributed by atoms with E-state index in [9.17, 15) is 4.79 Å². The van der Waals surface area contributed by atoms with Gasteiger partial charge in [-0.15, -0.1) is 0 Å². The molecule has 2 heterocycles. The van der Waals surface area contributed by atoms with Crippen molar-refractivity contribution in [3.63, 3.8) is 0 Å². The van der Waals surface area contributed by atoms with Gasteiger partial charge in [-0.1, -0.05) is 18.2 Å². The summed E-state index contributed by atoms with van der Waals surface area (Å²) in [5.74, 6) is 0.116. The molecule has 2 aliphatic rings. The first-order valence-corrected chi connectivity index (χ1v) is 9.18. The topological polar surface area (TPSA) is 45.7 Å². The maximum Gasteiger partial charge on any atom is 0.248 e. The summed E-state index contributed by atoms with van der Waals surface area (Å²) in [6, 6.07) is 6.55. The minimum Gasteiger partial charge on any atom is -0.375 e. The van der Waals surface area contributed by atoms with Gasteiger partial charge in [0, 0.05) is 39.0 Å². The smallest absolute Gasteiger partial charge is 0.248 e. The Morgan fingerprint density at radius 2 is 2.16 bits per heavy atom. The van der Waals surface area contributed by atoms with E-state index >= 15 is 0 Å². The number of ether oxygens (including phenoxy) is 1. The Labute approximate surface area is 150 Å². The molecule has 1 spiro atoms. The highest BCUT2D eigenvalue weighted by molar-refractivity contribution is 5.77. The average molecular weight is 343 g/mol. The molecular weight excluding hydrogens is 314 g/mol. The Balaban J connectivity index is 1.53. The van der Waals surface area contributed by atoms with E-state index in [0.717, 1.165) is 38.2 Å². The largest absolute Gasteiger partial charge is 0.375 e. The average Bonchev–Trinajstić information content (AvgIpc) is 2.64. The number of carbonyl (C=O) groups excluding carboxylic acids is 1. The Hall–Kier alpha value is -1.72. The van der Waals surface area contributed by atoms with E-state index in [0.29, 0.717) is 6.04 Å². The van der Waals surface area contributed by atoms with Gasteiger partial charge in [-0.3, -0.25) is 14.7 Å². The molecule has 0 bridgehead atoms. The van der Waals surface area contributed by atoms with Gasteiger partial charge >= 0.3 is 0 Å². The lowest BCUT2D eigenvalue weighted by atomic mass is 9.71. The van der Waals surface area contributed by atoms with Crippen molar-refractivity contribution in [2.45, 2.75) is 38.3 Å². The summed E-state index contributed by atoms with van der Waals surface area (Å²) >= 11 is 0. The van der Waals surface area contributed by atoms with Crippen molar-refractivity contribution in [3.05, 3.63) is 42.2 Å². The van der Waals surface area contributed by atoms with Crippen molar-refractivity contribution >= 4 is 5.91 Å². The second-order valence-electron chi connectivity index (χ2n) is 7.38. The highest BCUT2D eigenvalue weighted by Crippen LogP contribution is 2.41. The molecule has 1 aliphatic heterocycles. The van der Waals surface area contributed by atoms with Gasteiger partial charge in [0.05, 0.1) is 5.69 Å². The third-order valence-corrected chi connectivity index (χ3v) is 5.69. The molecule has 1 fully saturated rings. The predicted octanol–water partition coefficient (Wildman–Crippen LogP) is 2.49. The Kier molecular flexibility index (Phi) is 5.86. The fourth-order valence-electron chi connectivity index (χ4n) is 3.99. The zero-order valence-corrected chi connectivity index (χ0v) is 15.4. The molecule has 1 saturated heterocycles. The number of likely N-dealkylation sites (N-methyl/N-ethyl adjacent to an activating group) is 1. The molecule has 1 atom stereocenters. The summed E-state index contributed by atoms with van der Waals surface area (Å²) < 4.78 is 4.97. The van der Waals surface area contributed by atoms with Crippen molar-refractivity contribution in [2.24, 2.45) is 5.41 Å². The summed E-state index contributed by atoms with van der Waals surface area (Å²) in [6.07, 6.45) is 11.2. The Morgan fingerprint density at radius 3 is 2.76 bits per heavy atom. The molecule has 5 nitrogen and oxygen atoms in total. The van der Waals surface area contributed by atoms with Gasteiger partial charge in [0.25, 0.3) is 0 Å². The van der Waals surface area contributed by atoms with Crippen LogP contribution in [-0.2, 0) is 16.1 Å². The molecule has 136 valence electrons. The molecule has 5 heteroatoms. The molecule has 1 aromatic rings. The van der Waals surface area contributed by atoms with Crippen LogP contribution in [0.2, 0.25) is 0 Å². The maximum absolute atomic E-state index is 12.0. The number of carbonyl (C=O) groups is 1. The fourth-order valence-corrected chi connectivity index (χ4v) is 3.99. The summed E-state index contributed by atoms with van der Waals surface area (Å²) in [6.45, 7) is 2.77. The number of pyridine rings is 1. The lowest BCUT2D eigenvalue weighted by Crippen LogP contribution is -2.45. The molecule has 0 N–H and O–H groups in total. The van der Waals surface area contributed by atoms with Crippen molar-refractivity contribution in [3.8, 4) is 0 Å². The molecule has 0 saturated carbocycles. The molecule has 0 radical (unpaired) electrons. The lowest BCUT2D eigenvalue weighted by molar-refractivity contribution is -0.137. The van der Waals surface area contributed by atoms with Gasteiger partial charge in [-0.25, -0.2) is 0 Å². The van der Waals surface area contributed by atoms with Crippen molar-refractivity contribution in [1.29, 1.82) is 0 Å². The van der Waals surface area contributed by atoms with Crippen LogP contribution in [0.5, 0.6) is 0 Å². The van der Waals surface area contributed by atoms with Crippen LogP contribution in [0.4, 0.5) is 0 Å². The molecule has 1 aromatic heterocycles. The SMILES string of the molecule is COCC(=O)N1CCC2(C=C[C@@H](N(C)Cc3ccccn3)CC2)CC1. The first kappa shape index (κ1) is 18.1. The van der Waals surface area contributed by atoms with Crippen molar-refractivity contribution in [2.75, 3.05) is 33.9 Å². The number of aromatic nitrogens is 1. The highest BCUT2D eigenvalue weighted by Gasteiger charge is 2.36. The van der Waals surface area contributed by atoms with Gasteiger partial charge < -0.3 is 9.64 Å². The summed E-state index contributed by atoms with van der Waals surface area (Å²) in [5.41, 5.74) is 1.40. The van der Waals surface area contributed by atoms with E-state index in [1.165, 1.54) is 12.8 Å². The monoisotopic (exact) mass is 343 g/mol. The summed E-state index contributed by atoms with van der Waals surface area (Å²) in [7, 11) is 3.75. The number of allylic oxidation sites excluding steroid dienone is 1. The third-order valence-electron chi connectivity index (χ3n) is 5.69. The number of amides is 1. The van der Waals surface area contributed by atoms with Crippen LogP contribution in [0, 0.1) is 5.41 Å². The number of hydrogen-bond donors (Lipinski definition) is 0. The van der Waals surface area contributed by atoms with E-state index in [2.05, 4.69) is 35.1 Å². The highest BCUT2D eigenvalue weighted by atomic mass is 16.5. The zero-order valence-electron chi connectivity index (χ0n) is 15.4. The normalized spacial score (nSPS) is 22.5. The molecule has 25 heavy (non-hydrogen) atoms. The number of piperidine rings is 1. The molecule has 0 unspecified atom stereocenters. The van der Waals surface area contributed by atoms with E-state index in [1.54, 1.807) is 7.11 Å². The second-order valence-corrected chi connectivity index (χ2v) is 7.38. The first-order valence-electron chi connectivity index (χ1n) is 9.18. The van der Waals surface area contributed by atoms with Crippen LogP contribution in [0.3, 0.4) is 0 Å². The van der Waals surface area contributed by atoms with Crippen LogP contribution in [0.1, 0.15) is 31.4 Å². The fraction of sp³-hybridized carbons (Fsp3) is 0.600. The second kappa shape index (κ2) is 8.11. The Morgan fingerprint density at radius 1 is 1.36 bits per heavy atom.